The molecule has 0 saturated carbocycles. The summed E-state index contributed by atoms with van der Waals surface area (Å²) in [5, 5.41) is 17.3. The van der Waals surface area contributed by atoms with E-state index >= 15 is 0 Å². The summed E-state index contributed by atoms with van der Waals surface area (Å²) in [5.41, 5.74) is 8.75. The van der Waals surface area contributed by atoms with Gasteiger partial charge in [-0.15, -0.1) is 5.10 Å². The number of nitriles is 1. The largest absolute Gasteiger partial charge is 0.382 e. The molecule has 1 heterocycles. The summed E-state index contributed by atoms with van der Waals surface area (Å²) in [5.74, 6) is 0.0123. The van der Waals surface area contributed by atoms with E-state index in [1.165, 1.54) is 10.7 Å². The highest BCUT2D eigenvalue weighted by molar-refractivity contribution is 5.72. The van der Waals surface area contributed by atoms with Crippen LogP contribution in [0.3, 0.4) is 0 Å². The third-order valence-electron chi connectivity index (χ3n) is 3.39. The van der Waals surface area contributed by atoms with E-state index in [-0.39, 0.29) is 5.82 Å². The van der Waals surface area contributed by atoms with Gasteiger partial charge >= 0.3 is 0 Å². The van der Waals surface area contributed by atoms with Gasteiger partial charge < -0.3 is 5.73 Å². The molecule has 1 aromatic heterocycles. The first-order valence-electron chi connectivity index (χ1n) is 6.59. The summed E-state index contributed by atoms with van der Waals surface area (Å²) in [6.45, 7) is 1.67. The van der Waals surface area contributed by atoms with Gasteiger partial charge in [0.05, 0.1) is 11.3 Å². The van der Waals surface area contributed by atoms with Gasteiger partial charge in [0.25, 0.3) is 0 Å². The minimum Gasteiger partial charge on any atom is -0.382 e. The van der Waals surface area contributed by atoms with Gasteiger partial charge in [-0.1, -0.05) is 17.3 Å². The summed E-state index contributed by atoms with van der Waals surface area (Å²) in [6, 6.07) is 13.7. The molecule has 0 saturated heterocycles. The molecular weight excluding hydrogens is 281 g/mol. The fourth-order valence-corrected chi connectivity index (χ4v) is 2.22. The fraction of sp³-hybridized carbons (Fsp3) is 0.0625. The SMILES string of the molecule is Cc1cc(-c2nnn(-c3ccccc3C#N)c2N)ccc1F. The van der Waals surface area contributed by atoms with Crippen molar-refractivity contribution in [3.8, 4) is 23.0 Å². The van der Waals surface area contributed by atoms with Crippen molar-refractivity contribution in [3.63, 3.8) is 0 Å². The molecule has 0 unspecified atom stereocenters. The van der Waals surface area contributed by atoms with Gasteiger partial charge in [0.2, 0.25) is 0 Å². The summed E-state index contributed by atoms with van der Waals surface area (Å²) in [6.07, 6.45) is 0. The van der Waals surface area contributed by atoms with Gasteiger partial charge in [0.15, 0.2) is 5.82 Å². The summed E-state index contributed by atoms with van der Waals surface area (Å²) in [7, 11) is 0. The van der Waals surface area contributed by atoms with Gasteiger partial charge in [0.1, 0.15) is 17.6 Å². The van der Waals surface area contributed by atoms with E-state index in [2.05, 4.69) is 16.4 Å². The smallest absolute Gasteiger partial charge is 0.155 e. The van der Waals surface area contributed by atoms with Crippen molar-refractivity contribution in [1.82, 2.24) is 15.0 Å². The second kappa shape index (κ2) is 5.30. The van der Waals surface area contributed by atoms with Crippen molar-refractivity contribution >= 4 is 5.82 Å². The lowest BCUT2D eigenvalue weighted by Crippen LogP contribution is -2.04. The molecule has 3 aromatic rings. The number of aromatic nitrogens is 3. The predicted molar refractivity (Wildman–Crippen MR) is 80.6 cm³/mol. The molecule has 0 spiro atoms. The van der Waals surface area contributed by atoms with Gasteiger partial charge in [-0.25, -0.2) is 4.39 Å². The summed E-state index contributed by atoms with van der Waals surface area (Å²) < 4.78 is 14.8. The Bertz CT molecular complexity index is 892. The molecule has 5 nitrogen and oxygen atoms in total. The number of benzene rings is 2. The van der Waals surface area contributed by atoms with Crippen molar-refractivity contribution in [2.45, 2.75) is 6.92 Å². The third-order valence-corrected chi connectivity index (χ3v) is 3.39. The number of hydrogen-bond acceptors (Lipinski definition) is 4. The Morgan fingerprint density at radius 2 is 2.00 bits per heavy atom. The Labute approximate surface area is 126 Å². The minimum absolute atomic E-state index is 0.287. The normalized spacial score (nSPS) is 10.4. The molecule has 0 amide bonds. The molecule has 0 aliphatic heterocycles. The van der Waals surface area contributed by atoms with Crippen LogP contribution >= 0.6 is 0 Å². The zero-order valence-corrected chi connectivity index (χ0v) is 11.8. The quantitative estimate of drug-likeness (QED) is 0.787. The Kier molecular flexibility index (Phi) is 3.31. The highest BCUT2D eigenvalue weighted by atomic mass is 19.1. The van der Waals surface area contributed by atoms with E-state index in [1.54, 1.807) is 43.3 Å². The molecule has 6 heteroatoms. The molecule has 0 aliphatic carbocycles. The predicted octanol–water partition coefficient (Wildman–Crippen LogP) is 2.84. The van der Waals surface area contributed by atoms with Crippen LogP contribution in [-0.2, 0) is 0 Å². The second-order valence-corrected chi connectivity index (χ2v) is 4.83. The molecular formula is C16H12FN5. The number of halogens is 1. The Morgan fingerprint density at radius 1 is 1.23 bits per heavy atom. The average molecular weight is 293 g/mol. The first-order chi connectivity index (χ1) is 10.6. The van der Waals surface area contributed by atoms with Crippen LogP contribution in [0.5, 0.6) is 0 Å². The molecule has 2 N–H and O–H groups in total. The molecule has 108 valence electrons. The molecule has 0 radical (unpaired) electrons. The topological polar surface area (TPSA) is 80.5 Å². The number of rotatable bonds is 2. The molecule has 3 rings (SSSR count). The zero-order chi connectivity index (χ0) is 15.7. The highest BCUT2D eigenvalue weighted by Gasteiger charge is 2.15. The van der Waals surface area contributed by atoms with E-state index in [9.17, 15) is 4.39 Å². The van der Waals surface area contributed by atoms with Crippen LogP contribution in [0.15, 0.2) is 42.5 Å². The van der Waals surface area contributed by atoms with Crippen molar-refractivity contribution in [3.05, 3.63) is 59.4 Å². The van der Waals surface area contributed by atoms with Gasteiger partial charge in [0, 0.05) is 5.56 Å². The molecule has 0 aliphatic rings. The van der Waals surface area contributed by atoms with Crippen molar-refractivity contribution in [2.24, 2.45) is 0 Å². The van der Waals surface area contributed by atoms with Gasteiger partial charge in [-0.3, -0.25) is 0 Å². The van der Waals surface area contributed by atoms with Crippen molar-refractivity contribution in [2.75, 3.05) is 5.73 Å². The van der Waals surface area contributed by atoms with Crippen LogP contribution in [0.2, 0.25) is 0 Å². The van der Waals surface area contributed by atoms with Crippen LogP contribution in [-0.4, -0.2) is 15.0 Å². The summed E-state index contributed by atoms with van der Waals surface area (Å²) in [4.78, 5) is 0. The van der Waals surface area contributed by atoms with E-state index in [0.29, 0.717) is 33.9 Å². The van der Waals surface area contributed by atoms with Gasteiger partial charge in [-0.05, 0) is 42.8 Å². The van der Waals surface area contributed by atoms with E-state index < -0.39 is 0 Å². The molecule has 2 aromatic carbocycles. The monoisotopic (exact) mass is 293 g/mol. The fourth-order valence-electron chi connectivity index (χ4n) is 2.22. The van der Waals surface area contributed by atoms with E-state index in [1.807, 2.05) is 0 Å². The van der Waals surface area contributed by atoms with Gasteiger partial charge in [-0.2, -0.15) is 9.94 Å². The lowest BCUT2D eigenvalue weighted by atomic mass is 10.1. The number of para-hydroxylation sites is 1. The lowest BCUT2D eigenvalue weighted by molar-refractivity contribution is 0.619. The Hall–Kier alpha value is -3.20. The van der Waals surface area contributed by atoms with Crippen LogP contribution < -0.4 is 5.73 Å². The van der Waals surface area contributed by atoms with Crippen LogP contribution in [0.25, 0.3) is 16.9 Å². The van der Waals surface area contributed by atoms with Crippen molar-refractivity contribution in [1.29, 1.82) is 5.26 Å². The maximum atomic E-state index is 13.4. The van der Waals surface area contributed by atoms with Crippen LogP contribution in [0, 0.1) is 24.1 Å². The lowest BCUT2D eigenvalue weighted by Gasteiger charge is -2.05. The molecule has 0 fully saturated rings. The number of aryl methyl sites for hydroxylation is 1. The number of hydrogen-bond donors (Lipinski definition) is 1. The highest BCUT2D eigenvalue weighted by Crippen LogP contribution is 2.27. The van der Waals surface area contributed by atoms with Crippen LogP contribution in [0.1, 0.15) is 11.1 Å². The third kappa shape index (κ3) is 2.19. The molecule has 0 bridgehead atoms. The number of anilines is 1. The second-order valence-electron chi connectivity index (χ2n) is 4.83. The maximum Gasteiger partial charge on any atom is 0.155 e. The first-order valence-corrected chi connectivity index (χ1v) is 6.59. The molecule has 0 atom stereocenters. The van der Waals surface area contributed by atoms with Crippen molar-refractivity contribution < 1.29 is 4.39 Å². The Morgan fingerprint density at radius 3 is 2.73 bits per heavy atom. The Balaban J connectivity index is 2.13. The number of nitrogens with zero attached hydrogens (tertiary/aromatic N) is 4. The minimum atomic E-state index is -0.287. The van der Waals surface area contributed by atoms with E-state index in [4.69, 9.17) is 11.0 Å². The maximum absolute atomic E-state index is 13.4. The summed E-state index contributed by atoms with van der Waals surface area (Å²) >= 11 is 0. The first kappa shape index (κ1) is 13.8. The molecule has 22 heavy (non-hydrogen) atoms. The number of nitrogens with two attached hydrogens (primary N) is 1. The van der Waals surface area contributed by atoms with E-state index in [0.717, 1.165) is 0 Å². The average Bonchev–Trinajstić information content (AvgIpc) is 2.91. The standard InChI is InChI=1S/C16H12FN5/c1-10-8-11(6-7-13(10)17)15-16(19)22(21-20-15)14-5-3-2-4-12(14)9-18/h2-8H,19H2,1H3. The zero-order valence-electron chi connectivity index (χ0n) is 11.8. The number of nitrogen functional groups attached to an aromatic ring is 1. The van der Waals surface area contributed by atoms with Crippen LogP contribution in [0.4, 0.5) is 10.2 Å².